The predicted octanol–water partition coefficient (Wildman–Crippen LogP) is 2.03. The molecular formula is C14H14N4OS. The van der Waals surface area contributed by atoms with E-state index < -0.39 is 0 Å². The first-order valence-corrected chi connectivity index (χ1v) is 7.26. The lowest BCUT2D eigenvalue weighted by Gasteiger charge is -2.06. The van der Waals surface area contributed by atoms with Gasteiger partial charge in [0.15, 0.2) is 10.8 Å². The lowest BCUT2D eigenvalue weighted by molar-refractivity contribution is -0.118. The molecule has 0 unspecified atom stereocenters. The Labute approximate surface area is 120 Å². The van der Waals surface area contributed by atoms with E-state index in [1.807, 2.05) is 29.5 Å². The summed E-state index contributed by atoms with van der Waals surface area (Å²) in [5.41, 5.74) is 2.96. The molecule has 2 aromatic heterocycles. The number of carbonyl (C=O) groups is 1. The Hall–Kier alpha value is -2.08. The van der Waals surface area contributed by atoms with Crippen molar-refractivity contribution in [3.05, 3.63) is 35.9 Å². The second kappa shape index (κ2) is 5.13. The Balaban J connectivity index is 2.16. The zero-order valence-corrected chi connectivity index (χ0v) is 12.1. The van der Waals surface area contributed by atoms with Crippen LogP contribution in [-0.4, -0.2) is 33.3 Å². The summed E-state index contributed by atoms with van der Waals surface area (Å²) in [5.74, 6) is 0.309. The van der Waals surface area contributed by atoms with Crippen molar-refractivity contribution >= 4 is 34.2 Å². The number of thioether (sulfide) groups is 1. The predicted molar refractivity (Wildman–Crippen MR) is 80.0 cm³/mol. The minimum atomic E-state index is -0.0243. The van der Waals surface area contributed by atoms with Gasteiger partial charge in [0, 0.05) is 7.05 Å². The van der Waals surface area contributed by atoms with Gasteiger partial charge >= 0.3 is 0 Å². The molecular weight excluding hydrogens is 272 g/mol. The number of hydrogen-bond acceptors (Lipinski definition) is 4. The van der Waals surface area contributed by atoms with Crippen LogP contribution in [0.4, 0.5) is 0 Å². The van der Waals surface area contributed by atoms with Crippen LogP contribution >= 0.6 is 11.8 Å². The van der Waals surface area contributed by atoms with E-state index in [0.29, 0.717) is 5.75 Å². The van der Waals surface area contributed by atoms with E-state index in [1.54, 1.807) is 7.05 Å². The number of nitrogens with zero attached hydrogens (tertiary/aromatic N) is 3. The highest BCUT2D eigenvalue weighted by molar-refractivity contribution is 7.99. The lowest BCUT2D eigenvalue weighted by Crippen LogP contribution is -2.19. The van der Waals surface area contributed by atoms with E-state index in [9.17, 15) is 4.79 Å². The molecule has 0 atom stereocenters. The largest absolute Gasteiger partial charge is 0.358 e. The van der Waals surface area contributed by atoms with Gasteiger partial charge in [-0.3, -0.25) is 9.20 Å². The molecule has 0 fully saturated rings. The van der Waals surface area contributed by atoms with E-state index in [-0.39, 0.29) is 5.91 Å². The minimum Gasteiger partial charge on any atom is -0.358 e. The first-order chi connectivity index (χ1) is 9.70. The molecule has 0 aliphatic carbocycles. The van der Waals surface area contributed by atoms with Gasteiger partial charge in [-0.25, -0.2) is 0 Å². The fraction of sp³-hybridized carbons (Fsp3) is 0.214. The van der Waals surface area contributed by atoms with Crippen LogP contribution in [0.1, 0.15) is 5.56 Å². The third-order valence-corrected chi connectivity index (χ3v) is 4.08. The maximum absolute atomic E-state index is 11.4. The molecule has 3 aromatic rings. The summed E-state index contributed by atoms with van der Waals surface area (Å²) in [7, 11) is 1.63. The fourth-order valence-electron chi connectivity index (χ4n) is 2.15. The fourth-order valence-corrected chi connectivity index (χ4v) is 2.97. The van der Waals surface area contributed by atoms with Gasteiger partial charge in [0.2, 0.25) is 5.91 Å². The average Bonchev–Trinajstić information content (AvgIpc) is 2.90. The Bertz CT molecular complexity index is 796. The zero-order chi connectivity index (χ0) is 14.1. The van der Waals surface area contributed by atoms with Crippen molar-refractivity contribution in [2.45, 2.75) is 12.1 Å². The monoisotopic (exact) mass is 286 g/mol. The zero-order valence-electron chi connectivity index (χ0n) is 11.3. The molecule has 1 amide bonds. The molecule has 0 saturated heterocycles. The number of nitrogens with one attached hydrogen (secondary N) is 1. The molecule has 0 radical (unpaired) electrons. The molecule has 20 heavy (non-hydrogen) atoms. The quantitative estimate of drug-likeness (QED) is 0.748. The molecule has 5 nitrogen and oxygen atoms in total. The van der Waals surface area contributed by atoms with Crippen LogP contribution in [0.5, 0.6) is 0 Å². The molecule has 0 spiro atoms. The summed E-state index contributed by atoms with van der Waals surface area (Å²) in [4.78, 5) is 11.4. The van der Waals surface area contributed by atoms with Crippen molar-refractivity contribution in [2.24, 2.45) is 0 Å². The molecule has 102 valence electrons. The number of pyridine rings is 1. The van der Waals surface area contributed by atoms with Crippen LogP contribution in [0.15, 0.2) is 35.5 Å². The summed E-state index contributed by atoms with van der Waals surface area (Å²) in [5, 5.41) is 12.9. The molecule has 1 aromatic carbocycles. The van der Waals surface area contributed by atoms with Gasteiger partial charge in [0.1, 0.15) is 0 Å². The second-order valence-electron chi connectivity index (χ2n) is 4.49. The lowest BCUT2D eigenvalue weighted by atomic mass is 10.1. The minimum absolute atomic E-state index is 0.0243. The summed E-state index contributed by atoms with van der Waals surface area (Å²) in [6.45, 7) is 2.02. The van der Waals surface area contributed by atoms with Gasteiger partial charge in [-0.05, 0) is 30.0 Å². The number of fused-ring (bicyclic) bond motifs is 3. The molecule has 6 heteroatoms. The van der Waals surface area contributed by atoms with Crippen LogP contribution in [0.25, 0.3) is 16.6 Å². The second-order valence-corrected chi connectivity index (χ2v) is 5.43. The first kappa shape index (κ1) is 12.9. The highest BCUT2D eigenvalue weighted by Gasteiger charge is 2.12. The van der Waals surface area contributed by atoms with Gasteiger partial charge in [-0.1, -0.05) is 30.0 Å². The Morgan fingerprint density at radius 1 is 1.35 bits per heavy atom. The maximum atomic E-state index is 11.4. The molecule has 0 bridgehead atoms. The van der Waals surface area contributed by atoms with Crippen LogP contribution in [0, 0.1) is 6.92 Å². The number of amides is 1. The summed E-state index contributed by atoms with van der Waals surface area (Å²) in [6.07, 6.45) is 0. The van der Waals surface area contributed by atoms with E-state index in [4.69, 9.17) is 0 Å². The van der Waals surface area contributed by atoms with Crippen molar-refractivity contribution in [3.8, 4) is 0 Å². The van der Waals surface area contributed by atoms with Gasteiger partial charge < -0.3 is 5.32 Å². The van der Waals surface area contributed by atoms with Gasteiger partial charge in [0.05, 0.1) is 11.3 Å². The van der Waals surface area contributed by atoms with Crippen LogP contribution in [0.2, 0.25) is 0 Å². The highest BCUT2D eigenvalue weighted by atomic mass is 32.2. The van der Waals surface area contributed by atoms with Gasteiger partial charge in [-0.15, -0.1) is 10.2 Å². The first-order valence-electron chi connectivity index (χ1n) is 6.27. The Morgan fingerprint density at radius 3 is 2.95 bits per heavy atom. The highest BCUT2D eigenvalue weighted by Crippen LogP contribution is 2.25. The summed E-state index contributed by atoms with van der Waals surface area (Å²) in [6, 6.07) is 10.2. The van der Waals surface area contributed by atoms with Crippen molar-refractivity contribution in [1.82, 2.24) is 19.9 Å². The molecule has 0 aliphatic heterocycles. The van der Waals surface area contributed by atoms with Gasteiger partial charge in [0.25, 0.3) is 0 Å². The maximum Gasteiger partial charge on any atom is 0.230 e. The molecule has 0 aliphatic rings. The summed E-state index contributed by atoms with van der Waals surface area (Å²) >= 11 is 1.39. The number of aromatic nitrogens is 3. The third-order valence-electron chi connectivity index (χ3n) is 3.15. The molecule has 3 rings (SSSR count). The van der Waals surface area contributed by atoms with E-state index >= 15 is 0 Å². The molecule has 1 N–H and O–H groups in total. The number of carbonyl (C=O) groups excluding carboxylic acids is 1. The normalized spacial score (nSPS) is 11.1. The van der Waals surface area contributed by atoms with Crippen LogP contribution < -0.4 is 5.32 Å². The standard InChI is InChI=1S/C14H14N4OS/c1-9-7-10-5-3-4-6-11(10)18-13(9)16-17-14(18)20-8-12(19)15-2/h3-7H,8H2,1-2H3,(H,15,19). The number of rotatable bonds is 3. The average molecular weight is 286 g/mol. The van der Waals surface area contributed by atoms with Crippen molar-refractivity contribution in [2.75, 3.05) is 12.8 Å². The Kier molecular flexibility index (Phi) is 3.31. The molecule has 2 heterocycles. The van der Waals surface area contributed by atoms with Crippen molar-refractivity contribution in [1.29, 1.82) is 0 Å². The number of para-hydroxylation sites is 1. The Morgan fingerprint density at radius 2 is 2.15 bits per heavy atom. The van der Waals surface area contributed by atoms with Crippen molar-refractivity contribution < 1.29 is 4.79 Å². The SMILES string of the molecule is CNC(=O)CSc1nnc2c(C)cc3ccccc3n12. The van der Waals surface area contributed by atoms with Crippen molar-refractivity contribution in [3.63, 3.8) is 0 Å². The topological polar surface area (TPSA) is 59.3 Å². The van der Waals surface area contributed by atoms with Crippen LogP contribution in [-0.2, 0) is 4.79 Å². The molecule has 0 saturated carbocycles. The van der Waals surface area contributed by atoms with E-state index in [0.717, 1.165) is 27.3 Å². The number of benzene rings is 1. The smallest absolute Gasteiger partial charge is 0.230 e. The van der Waals surface area contributed by atoms with E-state index in [2.05, 4.69) is 27.6 Å². The number of hydrogen-bond donors (Lipinski definition) is 1. The number of aryl methyl sites for hydroxylation is 1. The summed E-state index contributed by atoms with van der Waals surface area (Å²) < 4.78 is 2.01. The van der Waals surface area contributed by atoms with Crippen LogP contribution in [0.3, 0.4) is 0 Å². The third kappa shape index (κ3) is 2.12. The van der Waals surface area contributed by atoms with Gasteiger partial charge in [-0.2, -0.15) is 0 Å². The van der Waals surface area contributed by atoms with E-state index in [1.165, 1.54) is 11.8 Å².